The number of hydrogen-bond acceptors (Lipinski definition) is 6. The summed E-state index contributed by atoms with van der Waals surface area (Å²) in [5.74, 6) is 1.27. The lowest BCUT2D eigenvalue weighted by Gasteiger charge is -2.24. The zero-order valence-corrected chi connectivity index (χ0v) is 16.9. The number of carbonyl (C=O) groups excluding carboxylic acids is 1. The normalized spacial score (nSPS) is 11.8. The average Bonchev–Trinajstić information content (AvgIpc) is 2.64. The van der Waals surface area contributed by atoms with Gasteiger partial charge in [-0.05, 0) is 62.7 Å². The Morgan fingerprint density at radius 3 is 2.04 bits per heavy atom. The number of rotatable bonds is 7. The fourth-order valence-corrected chi connectivity index (χ4v) is 3.15. The number of carbonyl (C=O) groups is 1. The maximum atomic E-state index is 12.5. The molecule has 0 spiro atoms. The minimum absolute atomic E-state index is 0.463. The van der Waals surface area contributed by atoms with Crippen molar-refractivity contribution in [3.05, 3.63) is 60.2 Å². The van der Waals surface area contributed by atoms with Gasteiger partial charge in [-0.15, -0.1) is 11.7 Å². The Labute approximate surface area is 163 Å². The molecule has 0 atom stereocenters. The van der Waals surface area contributed by atoms with Crippen molar-refractivity contribution >= 4 is 33.3 Å². The Kier molecular flexibility index (Phi) is 7.06. The van der Waals surface area contributed by atoms with Gasteiger partial charge >= 0.3 is 5.97 Å². The largest absolute Gasteiger partial charge is 0.497 e. The van der Waals surface area contributed by atoms with Gasteiger partial charge in [0.15, 0.2) is 0 Å². The smallest absolute Gasteiger partial charge is 0.355 e. The van der Waals surface area contributed by atoms with Crippen molar-refractivity contribution in [3.8, 4) is 17.2 Å². The molecule has 0 unspecified atom stereocenters. The average molecular weight is 391 g/mol. The molecule has 0 heterocycles. The Balaban J connectivity index is 2.04. The van der Waals surface area contributed by atoms with Crippen LogP contribution in [0.15, 0.2) is 54.6 Å². The molecule has 0 aliphatic rings. The highest BCUT2D eigenvalue weighted by molar-refractivity contribution is 8.72. The molecule has 2 rings (SSSR count). The van der Waals surface area contributed by atoms with E-state index in [1.54, 1.807) is 57.4 Å². The van der Waals surface area contributed by atoms with Gasteiger partial charge in [0.1, 0.15) is 17.2 Å². The summed E-state index contributed by atoms with van der Waals surface area (Å²) in [6.45, 7) is 5.29. The quantitative estimate of drug-likeness (QED) is 0.297. The summed E-state index contributed by atoms with van der Waals surface area (Å²) in [5, 5.41) is 0. The molecule has 2 aromatic rings. The molecule has 4 nitrogen and oxygen atoms in total. The fraction of sp³-hybridized carbons (Fsp3) is 0.250. The van der Waals surface area contributed by atoms with Gasteiger partial charge in [0, 0.05) is 4.91 Å². The van der Waals surface area contributed by atoms with Gasteiger partial charge in [0.25, 0.3) is 0 Å². The number of hydrogen-bond donors (Lipinski definition) is 1. The van der Waals surface area contributed by atoms with Gasteiger partial charge in [0.05, 0.1) is 7.11 Å². The highest BCUT2D eigenvalue weighted by atomic mass is 33.1. The van der Waals surface area contributed by atoms with Gasteiger partial charge in [-0.1, -0.05) is 29.0 Å². The van der Waals surface area contributed by atoms with Crippen molar-refractivity contribution < 1.29 is 19.0 Å². The molecule has 0 saturated heterocycles. The van der Waals surface area contributed by atoms with Crippen LogP contribution in [0.4, 0.5) is 0 Å². The highest BCUT2D eigenvalue weighted by Crippen LogP contribution is 2.31. The summed E-state index contributed by atoms with van der Waals surface area (Å²) >= 11 is 4.22. The van der Waals surface area contributed by atoms with Crippen LogP contribution in [0.3, 0.4) is 0 Å². The summed E-state index contributed by atoms with van der Waals surface area (Å²) in [4.78, 5) is 13.5. The molecule has 0 fully saturated rings. The Morgan fingerprint density at radius 2 is 1.54 bits per heavy atom. The first-order valence-corrected chi connectivity index (χ1v) is 9.90. The Morgan fingerprint density at radius 1 is 1.00 bits per heavy atom. The van der Waals surface area contributed by atoms with Crippen LogP contribution in [0.25, 0.3) is 4.91 Å². The van der Waals surface area contributed by atoms with E-state index in [4.69, 9.17) is 14.2 Å². The summed E-state index contributed by atoms with van der Waals surface area (Å²) < 4.78 is 16.4. The van der Waals surface area contributed by atoms with Crippen LogP contribution in [-0.4, -0.2) is 18.7 Å². The van der Waals surface area contributed by atoms with E-state index in [1.807, 2.05) is 25.1 Å². The summed E-state index contributed by atoms with van der Waals surface area (Å²) in [7, 11) is 2.96. The lowest BCUT2D eigenvalue weighted by molar-refractivity contribution is -0.149. The van der Waals surface area contributed by atoms with Crippen LogP contribution in [0, 0.1) is 0 Å². The Hall–Kier alpha value is -2.05. The standard InChI is InChI=1S/C20H22O4S2/c1-5-18(26-25)14-6-8-16(9-7-14)23-19(21)20(2,3)24-17-12-10-15(22-4)11-13-17/h5-13,25H,1-4H3. The monoisotopic (exact) mass is 390 g/mol. The lowest BCUT2D eigenvalue weighted by atomic mass is 10.1. The third-order valence-electron chi connectivity index (χ3n) is 3.63. The molecule has 26 heavy (non-hydrogen) atoms. The molecular weight excluding hydrogens is 368 g/mol. The van der Waals surface area contributed by atoms with Crippen LogP contribution >= 0.6 is 22.5 Å². The van der Waals surface area contributed by atoms with E-state index in [-0.39, 0.29) is 0 Å². The molecule has 0 aliphatic heterocycles. The first kappa shape index (κ1) is 20.3. The molecule has 0 aromatic heterocycles. The number of ether oxygens (including phenoxy) is 3. The molecule has 138 valence electrons. The molecule has 0 aliphatic carbocycles. The van der Waals surface area contributed by atoms with Gasteiger partial charge in [-0.25, -0.2) is 4.79 Å². The predicted molar refractivity (Wildman–Crippen MR) is 110 cm³/mol. The third-order valence-corrected chi connectivity index (χ3v) is 4.89. The van der Waals surface area contributed by atoms with E-state index in [0.29, 0.717) is 11.5 Å². The molecule has 2 aromatic carbocycles. The van der Waals surface area contributed by atoms with E-state index in [2.05, 4.69) is 11.7 Å². The summed E-state index contributed by atoms with van der Waals surface area (Å²) in [6.07, 6.45) is 1.98. The highest BCUT2D eigenvalue weighted by Gasteiger charge is 2.32. The van der Waals surface area contributed by atoms with Crippen molar-refractivity contribution in [2.45, 2.75) is 26.4 Å². The second-order valence-corrected chi connectivity index (χ2v) is 7.12. The van der Waals surface area contributed by atoms with Crippen LogP contribution < -0.4 is 14.2 Å². The molecular formula is C20H22O4S2. The van der Waals surface area contributed by atoms with Crippen molar-refractivity contribution in [3.63, 3.8) is 0 Å². The second-order valence-electron chi connectivity index (χ2n) is 5.95. The zero-order chi connectivity index (χ0) is 19.2. The van der Waals surface area contributed by atoms with E-state index in [9.17, 15) is 4.79 Å². The van der Waals surface area contributed by atoms with Crippen molar-refractivity contribution in [1.82, 2.24) is 0 Å². The van der Waals surface area contributed by atoms with Crippen LogP contribution in [0.5, 0.6) is 17.2 Å². The fourth-order valence-electron chi connectivity index (χ4n) is 2.17. The number of benzene rings is 2. The summed E-state index contributed by atoms with van der Waals surface area (Å²) in [6, 6.07) is 14.3. The lowest BCUT2D eigenvalue weighted by Crippen LogP contribution is -2.41. The van der Waals surface area contributed by atoms with Gasteiger partial charge in [-0.2, -0.15) is 0 Å². The number of thiol groups is 1. The molecule has 0 radical (unpaired) electrons. The number of esters is 1. The van der Waals surface area contributed by atoms with E-state index in [1.165, 1.54) is 10.8 Å². The van der Waals surface area contributed by atoms with Crippen LogP contribution in [-0.2, 0) is 4.79 Å². The van der Waals surface area contributed by atoms with Crippen molar-refractivity contribution in [1.29, 1.82) is 0 Å². The second kappa shape index (κ2) is 9.05. The van der Waals surface area contributed by atoms with Crippen molar-refractivity contribution in [2.75, 3.05) is 7.11 Å². The maximum absolute atomic E-state index is 12.5. The number of allylic oxidation sites excluding steroid dienone is 1. The third kappa shape index (κ3) is 5.22. The first-order chi connectivity index (χ1) is 12.4. The summed E-state index contributed by atoms with van der Waals surface area (Å²) in [5.41, 5.74) is -0.121. The van der Waals surface area contributed by atoms with E-state index in [0.717, 1.165) is 16.2 Å². The van der Waals surface area contributed by atoms with Crippen LogP contribution in [0.2, 0.25) is 0 Å². The van der Waals surface area contributed by atoms with Gasteiger partial charge in [0.2, 0.25) is 5.60 Å². The molecule has 0 N–H and O–H groups in total. The number of methoxy groups -OCH3 is 1. The minimum atomic E-state index is -1.14. The topological polar surface area (TPSA) is 44.8 Å². The SMILES string of the molecule is CC=C(SS)c1ccc(OC(=O)C(C)(C)Oc2ccc(OC)cc2)cc1. The van der Waals surface area contributed by atoms with E-state index >= 15 is 0 Å². The molecule has 6 heteroatoms. The zero-order valence-electron chi connectivity index (χ0n) is 15.2. The molecule has 0 amide bonds. The van der Waals surface area contributed by atoms with E-state index < -0.39 is 11.6 Å². The van der Waals surface area contributed by atoms with Crippen molar-refractivity contribution in [2.24, 2.45) is 0 Å². The maximum Gasteiger partial charge on any atom is 0.355 e. The first-order valence-electron chi connectivity index (χ1n) is 8.03. The molecule has 0 saturated carbocycles. The molecule has 0 bridgehead atoms. The Bertz CT molecular complexity index is 765. The van der Waals surface area contributed by atoms with Gasteiger partial charge in [-0.3, -0.25) is 0 Å². The predicted octanol–water partition coefficient (Wildman–Crippen LogP) is 5.40. The minimum Gasteiger partial charge on any atom is -0.497 e. The van der Waals surface area contributed by atoms with Crippen LogP contribution in [0.1, 0.15) is 26.3 Å². The van der Waals surface area contributed by atoms with Gasteiger partial charge < -0.3 is 14.2 Å².